The van der Waals surface area contributed by atoms with E-state index in [2.05, 4.69) is 19.7 Å². The van der Waals surface area contributed by atoms with Gasteiger partial charge in [-0.2, -0.15) is 0 Å². The number of ether oxygens (including phenoxy) is 2. The summed E-state index contributed by atoms with van der Waals surface area (Å²) in [5.74, 6) is -2.02. The molecule has 0 amide bonds. The third-order valence-corrected chi connectivity index (χ3v) is 4.75. The molecule has 3 rings (SSSR count). The van der Waals surface area contributed by atoms with Crippen molar-refractivity contribution in [2.24, 2.45) is 17.3 Å². The van der Waals surface area contributed by atoms with Crippen molar-refractivity contribution in [2.75, 3.05) is 6.61 Å². The van der Waals surface area contributed by atoms with Crippen molar-refractivity contribution in [1.29, 1.82) is 0 Å². The Balaban J connectivity index is 2.06. The molecule has 106 valence electrons. The van der Waals surface area contributed by atoms with E-state index < -0.39 is 41.4 Å². The largest absolute Gasteiger partial charge is 0.461 e. The molecule has 1 aliphatic carbocycles. The van der Waals surface area contributed by atoms with Crippen LogP contribution in [0.5, 0.6) is 0 Å². The van der Waals surface area contributed by atoms with E-state index in [1.165, 1.54) is 0 Å². The van der Waals surface area contributed by atoms with E-state index in [1.54, 1.807) is 6.08 Å². The van der Waals surface area contributed by atoms with Crippen LogP contribution in [0.3, 0.4) is 0 Å². The van der Waals surface area contributed by atoms with E-state index in [9.17, 15) is 14.7 Å². The smallest absolute Gasteiger partial charge is 0.334 e. The molecule has 20 heavy (non-hydrogen) atoms. The summed E-state index contributed by atoms with van der Waals surface area (Å²) in [5, 5.41) is 10.6. The number of carbonyl (C=O) groups excluding carboxylic acids is 2. The highest BCUT2D eigenvalue weighted by atomic mass is 16.6. The lowest BCUT2D eigenvalue weighted by Crippen LogP contribution is -2.56. The molecule has 5 heteroatoms. The van der Waals surface area contributed by atoms with E-state index in [0.717, 1.165) is 0 Å². The Morgan fingerprint density at radius 2 is 1.95 bits per heavy atom. The van der Waals surface area contributed by atoms with Crippen molar-refractivity contribution in [1.82, 2.24) is 0 Å². The summed E-state index contributed by atoms with van der Waals surface area (Å²) in [4.78, 5) is 23.4. The lowest BCUT2D eigenvalue weighted by molar-refractivity contribution is -0.166. The molecule has 0 radical (unpaired) electrons. The second-order valence-electron chi connectivity index (χ2n) is 5.71. The zero-order chi connectivity index (χ0) is 14.7. The molecule has 0 bridgehead atoms. The van der Waals surface area contributed by atoms with Crippen LogP contribution < -0.4 is 0 Å². The SMILES string of the molecule is C=C[C@@]12COC(=O)C(=C)C1[C@@H](O)C1C(=C)C(=O)O[C@H]1C2. The average Bonchev–Trinajstić information content (AvgIpc) is 2.69. The summed E-state index contributed by atoms with van der Waals surface area (Å²) >= 11 is 0. The van der Waals surface area contributed by atoms with E-state index in [-0.39, 0.29) is 17.8 Å². The van der Waals surface area contributed by atoms with Gasteiger partial charge in [-0.1, -0.05) is 19.2 Å². The van der Waals surface area contributed by atoms with Crippen molar-refractivity contribution in [3.8, 4) is 0 Å². The molecule has 0 aromatic carbocycles. The molecule has 0 aromatic heterocycles. The lowest BCUT2D eigenvalue weighted by Gasteiger charge is -2.50. The first-order valence-electron chi connectivity index (χ1n) is 6.48. The maximum absolute atomic E-state index is 11.7. The summed E-state index contributed by atoms with van der Waals surface area (Å²) in [7, 11) is 0. The van der Waals surface area contributed by atoms with Crippen molar-refractivity contribution >= 4 is 11.9 Å². The highest BCUT2D eigenvalue weighted by molar-refractivity contribution is 5.92. The van der Waals surface area contributed by atoms with Gasteiger partial charge in [-0.15, -0.1) is 6.58 Å². The predicted octanol–water partition coefficient (Wildman–Crippen LogP) is 0.750. The first-order chi connectivity index (χ1) is 9.41. The normalized spacial score (nSPS) is 43.5. The lowest BCUT2D eigenvalue weighted by atomic mass is 9.57. The zero-order valence-electron chi connectivity index (χ0n) is 11.0. The molecule has 0 spiro atoms. The average molecular weight is 276 g/mol. The van der Waals surface area contributed by atoms with Crippen LogP contribution in [0.4, 0.5) is 0 Å². The molecule has 3 aliphatic rings. The number of cyclic esters (lactones) is 1. The summed E-state index contributed by atoms with van der Waals surface area (Å²) in [6, 6.07) is 0. The molecule has 0 aromatic rings. The minimum Gasteiger partial charge on any atom is -0.461 e. The topological polar surface area (TPSA) is 72.8 Å². The standard InChI is InChI=1S/C15H16O5/c1-4-15-5-9-10(7(2)14(18)20-9)12(16)11(15)8(3)13(17)19-6-15/h4,9-12,16H,1-3,5-6H2/t9-,10?,11?,12-,15+/m0/s1. The van der Waals surface area contributed by atoms with Gasteiger partial charge in [0.15, 0.2) is 0 Å². The molecular formula is C15H16O5. The number of hydrogen-bond acceptors (Lipinski definition) is 5. The molecular weight excluding hydrogens is 260 g/mol. The third kappa shape index (κ3) is 1.47. The molecule has 5 atom stereocenters. The Kier molecular flexibility index (Phi) is 2.66. The summed E-state index contributed by atoms with van der Waals surface area (Å²) in [5.41, 5.74) is -0.169. The molecule has 1 saturated carbocycles. The molecule has 2 aliphatic heterocycles. The molecule has 1 N–H and O–H groups in total. The molecule has 2 heterocycles. The van der Waals surface area contributed by atoms with Crippen molar-refractivity contribution in [2.45, 2.75) is 18.6 Å². The molecule has 2 saturated heterocycles. The second-order valence-corrected chi connectivity index (χ2v) is 5.71. The van der Waals surface area contributed by atoms with Gasteiger partial charge >= 0.3 is 11.9 Å². The molecule has 3 fully saturated rings. The van der Waals surface area contributed by atoms with Crippen LogP contribution in [0.25, 0.3) is 0 Å². The second kappa shape index (κ2) is 4.06. The predicted molar refractivity (Wildman–Crippen MR) is 69.4 cm³/mol. The van der Waals surface area contributed by atoms with Gasteiger partial charge in [0.05, 0.1) is 12.0 Å². The van der Waals surface area contributed by atoms with E-state index in [1.807, 2.05) is 0 Å². The molecule has 2 unspecified atom stereocenters. The van der Waals surface area contributed by atoms with Gasteiger partial charge in [0.1, 0.15) is 12.7 Å². The van der Waals surface area contributed by atoms with Gasteiger partial charge in [0, 0.05) is 22.5 Å². The first-order valence-corrected chi connectivity index (χ1v) is 6.48. The van der Waals surface area contributed by atoms with Gasteiger partial charge < -0.3 is 14.6 Å². The Morgan fingerprint density at radius 3 is 2.60 bits per heavy atom. The van der Waals surface area contributed by atoms with E-state index in [4.69, 9.17) is 9.47 Å². The van der Waals surface area contributed by atoms with E-state index in [0.29, 0.717) is 6.42 Å². The van der Waals surface area contributed by atoms with Crippen molar-refractivity contribution in [3.05, 3.63) is 37.0 Å². The number of carbonyl (C=O) groups is 2. The van der Waals surface area contributed by atoms with Crippen molar-refractivity contribution < 1.29 is 24.2 Å². The number of esters is 2. The highest BCUT2D eigenvalue weighted by Crippen LogP contribution is 2.54. The summed E-state index contributed by atoms with van der Waals surface area (Å²) in [6.07, 6.45) is 0.707. The minimum atomic E-state index is -0.953. The number of aliphatic hydroxyl groups is 1. The maximum Gasteiger partial charge on any atom is 0.334 e. The summed E-state index contributed by atoms with van der Waals surface area (Å²) < 4.78 is 10.4. The fraction of sp³-hybridized carbons (Fsp3) is 0.467. The zero-order valence-corrected chi connectivity index (χ0v) is 11.0. The Morgan fingerprint density at radius 1 is 1.25 bits per heavy atom. The van der Waals surface area contributed by atoms with Crippen molar-refractivity contribution in [3.63, 3.8) is 0 Å². The van der Waals surface area contributed by atoms with Gasteiger partial charge in [-0.3, -0.25) is 0 Å². The van der Waals surface area contributed by atoms with Crippen LogP contribution in [0.2, 0.25) is 0 Å². The molecule has 5 nitrogen and oxygen atoms in total. The number of aliphatic hydroxyl groups excluding tert-OH is 1. The van der Waals surface area contributed by atoms with E-state index >= 15 is 0 Å². The Hall–Kier alpha value is -1.88. The van der Waals surface area contributed by atoms with Gasteiger partial charge in [0.2, 0.25) is 0 Å². The quantitative estimate of drug-likeness (QED) is 0.434. The van der Waals surface area contributed by atoms with Crippen LogP contribution in [0.1, 0.15) is 6.42 Å². The van der Waals surface area contributed by atoms with Crippen LogP contribution >= 0.6 is 0 Å². The number of rotatable bonds is 1. The first kappa shape index (κ1) is 13.1. The Labute approximate surface area is 116 Å². The number of fused-ring (bicyclic) bond motifs is 2. The summed E-state index contributed by atoms with van der Waals surface area (Å²) in [6.45, 7) is 11.4. The fourth-order valence-electron chi connectivity index (χ4n) is 3.68. The van der Waals surface area contributed by atoms with Gasteiger partial charge in [0.25, 0.3) is 0 Å². The third-order valence-electron chi connectivity index (χ3n) is 4.75. The van der Waals surface area contributed by atoms with Gasteiger partial charge in [-0.25, -0.2) is 9.59 Å². The Bertz CT molecular complexity index is 548. The van der Waals surface area contributed by atoms with Gasteiger partial charge in [-0.05, 0) is 6.42 Å². The minimum absolute atomic E-state index is 0.114. The number of hydrogen-bond donors (Lipinski definition) is 1. The highest BCUT2D eigenvalue weighted by Gasteiger charge is 2.60. The fourth-order valence-corrected chi connectivity index (χ4v) is 3.68. The monoisotopic (exact) mass is 276 g/mol. The van der Waals surface area contributed by atoms with Crippen LogP contribution in [0.15, 0.2) is 37.0 Å². The van der Waals surface area contributed by atoms with Crippen LogP contribution in [-0.4, -0.2) is 35.9 Å². The maximum atomic E-state index is 11.7. The van der Waals surface area contributed by atoms with Crippen LogP contribution in [-0.2, 0) is 19.1 Å². The van der Waals surface area contributed by atoms with Crippen LogP contribution in [0, 0.1) is 17.3 Å².